The van der Waals surface area contributed by atoms with Gasteiger partial charge in [0, 0.05) is 55.5 Å². The molecule has 2 aromatic carbocycles. The number of rotatable bonds is 4. The molecule has 1 aliphatic heterocycles. The molecule has 1 aliphatic rings. The number of nitro groups is 1. The second kappa shape index (κ2) is 8.24. The molecule has 2 heterocycles. The summed E-state index contributed by atoms with van der Waals surface area (Å²) in [6, 6.07) is 13.7. The van der Waals surface area contributed by atoms with Crippen molar-refractivity contribution in [2.45, 2.75) is 0 Å². The molecule has 0 aliphatic carbocycles. The molecule has 1 amide bonds. The Hall–Kier alpha value is -3.88. The van der Waals surface area contributed by atoms with Gasteiger partial charge >= 0.3 is 0 Å². The molecule has 0 unspecified atom stereocenters. The molecule has 152 valence electrons. The molecule has 1 aromatic heterocycles. The van der Waals surface area contributed by atoms with E-state index in [1.165, 1.54) is 36.7 Å². The average molecular weight is 407 g/mol. The van der Waals surface area contributed by atoms with E-state index in [2.05, 4.69) is 9.97 Å². The van der Waals surface area contributed by atoms with Crippen molar-refractivity contribution in [2.75, 3.05) is 31.1 Å². The quantitative estimate of drug-likeness (QED) is 0.487. The summed E-state index contributed by atoms with van der Waals surface area (Å²) in [5, 5.41) is 10.9. The Morgan fingerprint density at radius 3 is 2.43 bits per heavy atom. The molecule has 4 rings (SSSR count). The first-order chi connectivity index (χ1) is 14.5. The molecule has 1 fully saturated rings. The van der Waals surface area contributed by atoms with E-state index in [4.69, 9.17) is 0 Å². The molecular weight excluding hydrogens is 389 g/mol. The van der Waals surface area contributed by atoms with Gasteiger partial charge < -0.3 is 9.80 Å². The van der Waals surface area contributed by atoms with E-state index < -0.39 is 4.92 Å². The fourth-order valence-corrected chi connectivity index (χ4v) is 3.37. The Labute approximate surface area is 171 Å². The van der Waals surface area contributed by atoms with Gasteiger partial charge in [-0.25, -0.2) is 14.4 Å². The lowest BCUT2D eigenvalue weighted by Gasteiger charge is -2.35. The minimum atomic E-state index is -0.511. The second-order valence-corrected chi connectivity index (χ2v) is 6.86. The number of nitrogens with zero attached hydrogens (tertiary/aromatic N) is 5. The lowest BCUT2D eigenvalue weighted by molar-refractivity contribution is -0.384. The summed E-state index contributed by atoms with van der Waals surface area (Å²) in [5.74, 6) is 0.192. The summed E-state index contributed by atoms with van der Waals surface area (Å²) in [6.07, 6.45) is 1.47. The molecule has 0 spiro atoms. The summed E-state index contributed by atoms with van der Waals surface area (Å²) < 4.78 is 13.2. The Morgan fingerprint density at radius 1 is 1.00 bits per heavy atom. The summed E-state index contributed by atoms with van der Waals surface area (Å²) >= 11 is 0. The highest BCUT2D eigenvalue weighted by molar-refractivity contribution is 5.95. The zero-order valence-electron chi connectivity index (χ0n) is 15.9. The molecule has 8 nitrogen and oxygen atoms in total. The van der Waals surface area contributed by atoms with Crippen molar-refractivity contribution < 1.29 is 14.1 Å². The Bertz CT molecular complexity index is 1080. The first kappa shape index (κ1) is 19.4. The third-order valence-electron chi connectivity index (χ3n) is 4.99. The van der Waals surface area contributed by atoms with Crippen LogP contribution >= 0.6 is 0 Å². The van der Waals surface area contributed by atoms with E-state index in [9.17, 15) is 19.3 Å². The van der Waals surface area contributed by atoms with Gasteiger partial charge in [-0.1, -0.05) is 6.07 Å². The van der Waals surface area contributed by atoms with Crippen LogP contribution in [0.4, 0.5) is 15.9 Å². The van der Waals surface area contributed by atoms with Crippen LogP contribution in [0.2, 0.25) is 0 Å². The van der Waals surface area contributed by atoms with E-state index in [1.807, 2.05) is 11.0 Å². The first-order valence-electron chi connectivity index (χ1n) is 9.38. The van der Waals surface area contributed by atoms with Gasteiger partial charge in [0.15, 0.2) is 0 Å². The van der Waals surface area contributed by atoms with Crippen molar-refractivity contribution in [3.8, 4) is 11.3 Å². The van der Waals surface area contributed by atoms with Crippen molar-refractivity contribution >= 4 is 17.4 Å². The van der Waals surface area contributed by atoms with E-state index in [0.717, 1.165) is 11.4 Å². The maximum atomic E-state index is 13.2. The van der Waals surface area contributed by atoms with Crippen LogP contribution in [0.1, 0.15) is 10.4 Å². The highest BCUT2D eigenvalue weighted by atomic mass is 19.1. The van der Waals surface area contributed by atoms with Gasteiger partial charge in [-0.15, -0.1) is 0 Å². The van der Waals surface area contributed by atoms with Crippen LogP contribution in [-0.4, -0.2) is 51.9 Å². The van der Waals surface area contributed by atoms with Gasteiger partial charge in [0.25, 0.3) is 11.6 Å². The highest BCUT2D eigenvalue weighted by Gasteiger charge is 2.24. The largest absolute Gasteiger partial charge is 0.353 e. The molecule has 3 aromatic rings. The van der Waals surface area contributed by atoms with Crippen molar-refractivity contribution in [2.24, 2.45) is 0 Å². The number of halogens is 1. The lowest BCUT2D eigenvalue weighted by atomic mass is 10.1. The van der Waals surface area contributed by atoms with Crippen LogP contribution in [-0.2, 0) is 0 Å². The Morgan fingerprint density at radius 2 is 1.73 bits per heavy atom. The van der Waals surface area contributed by atoms with E-state index in [0.29, 0.717) is 37.4 Å². The van der Waals surface area contributed by atoms with Gasteiger partial charge in [0.2, 0.25) is 0 Å². The summed E-state index contributed by atoms with van der Waals surface area (Å²) in [4.78, 5) is 35.5. The minimum absolute atomic E-state index is 0.103. The third-order valence-corrected chi connectivity index (χ3v) is 4.99. The monoisotopic (exact) mass is 407 g/mol. The van der Waals surface area contributed by atoms with E-state index in [-0.39, 0.29) is 17.4 Å². The first-order valence-corrected chi connectivity index (χ1v) is 9.38. The molecule has 0 bridgehead atoms. The Balaban J connectivity index is 1.44. The molecule has 0 atom stereocenters. The number of benzene rings is 2. The summed E-state index contributed by atoms with van der Waals surface area (Å²) in [7, 11) is 0. The SMILES string of the molecule is O=C(c1cccc([N+](=O)[O-])c1)N1CCN(c2cc(-c3ccc(F)cc3)ncn2)CC1. The van der Waals surface area contributed by atoms with Crippen molar-refractivity contribution in [1.82, 2.24) is 14.9 Å². The van der Waals surface area contributed by atoms with Crippen LogP contribution < -0.4 is 4.90 Å². The second-order valence-electron chi connectivity index (χ2n) is 6.86. The number of carbonyl (C=O) groups is 1. The van der Waals surface area contributed by atoms with Gasteiger partial charge in [0.05, 0.1) is 10.6 Å². The zero-order chi connectivity index (χ0) is 21.1. The van der Waals surface area contributed by atoms with E-state index in [1.54, 1.807) is 23.1 Å². The maximum absolute atomic E-state index is 13.2. The standard InChI is InChI=1S/C21H18FN5O3/c22-17-6-4-15(5-7-17)19-13-20(24-14-23-19)25-8-10-26(11-9-25)21(28)16-2-1-3-18(12-16)27(29)30/h1-7,12-14H,8-11H2. The van der Waals surface area contributed by atoms with Gasteiger partial charge in [0.1, 0.15) is 18.0 Å². The van der Waals surface area contributed by atoms with E-state index >= 15 is 0 Å². The topological polar surface area (TPSA) is 92.5 Å². The highest BCUT2D eigenvalue weighted by Crippen LogP contribution is 2.22. The zero-order valence-corrected chi connectivity index (χ0v) is 15.9. The molecule has 30 heavy (non-hydrogen) atoms. The fraction of sp³-hybridized carbons (Fsp3) is 0.190. The molecule has 0 radical (unpaired) electrons. The smallest absolute Gasteiger partial charge is 0.270 e. The van der Waals surface area contributed by atoms with Crippen LogP contribution in [0, 0.1) is 15.9 Å². The number of aromatic nitrogens is 2. The van der Waals surface area contributed by atoms with Gasteiger partial charge in [-0.05, 0) is 30.3 Å². The average Bonchev–Trinajstić information content (AvgIpc) is 2.79. The predicted molar refractivity (Wildman–Crippen MR) is 109 cm³/mol. The number of carbonyl (C=O) groups excluding carboxylic acids is 1. The fourth-order valence-electron chi connectivity index (χ4n) is 3.37. The molecule has 0 saturated carbocycles. The number of non-ortho nitro benzene ring substituents is 1. The number of amides is 1. The Kier molecular flexibility index (Phi) is 5.34. The van der Waals surface area contributed by atoms with Crippen molar-refractivity contribution in [3.63, 3.8) is 0 Å². The number of piperazine rings is 1. The van der Waals surface area contributed by atoms with Crippen LogP contribution in [0.5, 0.6) is 0 Å². The molecular formula is C21H18FN5O3. The summed E-state index contributed by atoms with van der Waals surface area (Å²) in [5.41, 5.74) is 1.68. The van der Waals surface area contributed by atoms with Crippen LogP contribution in [0.25, 0.3) is 11.3 Å². The van der Waals surface area contributed by atoms with Crippen LogP contribution in [0.15, 0.2) is 60.9 Å². The normalized spacial score (nSPS) is 13.9. The predicted octanol–water partition coefficient (Wildman–Crippen LogP) is 3.15. The molecule has 0 N–H and O–H groups in total. The van der Waals surface area contributed by atoms with Gasteiger partial charge in [-0.2, -0.15) is 0 Å². The number of nitro benzene ring substituents is 1. The lowest BCUT2D eigenvalue weighted by Crippen LogP contribution is -2.49. The number of anilines is 1. The molecule has 9 heteroatoms. The molecule has 1 saturated heterocycles. The minimum Gasteiger partial charge on any atom is -0.353 e. The maximum Gasteiger partial charge on any atom is 0.270 e. The van der Waals surface area contributed by atoms with Crippen molar-refractivity contribution in [1.29, 1.82) is 0 Å². The van der Waals surface area contributed by atoms with Crippen molar-refractivity contribution in [3.05, 3.63) is 82.4 Å². The number of hydrogen-bond acceptors (Lipinski definition) is 6. The van der Waals surface area contributed by atoms with Crippen LogP contribution in [0.3, 0.4) is 0 Å². The summed E-state index contributed by atoms with van der Waals surface area (Å²) in [6.45, 7) is 2.08. The number of hydrogen-bond donors (Lipinski definition) is 0. The van der Waals surface area contributed by atoms with Gasteiger partial charge in [-0.3, -0.25) is 14.9 Å². The third kappa shape index (κ3) is 4.09.